The van der Waals surface area contributed by atoms with E-state index in [0.29, 0.717) is 22.4 Å². The summed E-state index contributed by atoms with van der Waals surface area (Å²) in [5.74, 6) is -0.410. The molecule has 3 rings (SSSR count). The summed E-state index contributed by atoms with van der Waals surface area (Å²) >= 11 is 6.09. The lowest BCUT2D eigenvalue weighted by Crippen LogP contribution is -2.09. The standard InChI is InChI=1S/C12H12ClN3O2/c13-10-4-8(5-12(17)18)14-11-6-9(15-16(10)11)7-2-1-3-7/h4,6-7H,1-3,5H2,(H,17,18). The number of hydrogen-bond acceptors (Lipinski definition) is 3. The van der Waals surface area contributed by atoms with Gasteiger partial charge in [0, 0.05) is 12.0 Å². The maximum absolute atomic E-state index is 10.7. The van der Waals surface area contributed by atoms with Crippen LogP contribution >= 0.6 is 11.6 Å². The molecule has 0 amide bonds. The first kappa shape index (κ1) is 11.5. The summed E-state index contributed by atoms with van der Waals surface area (Å²) in [5.41, 5.74) is 2.09. The highest BCUT2D eigenvalue weighted by molar-refractivity contribution is 6.29. The third kappa shape index (κ3) is 1.95. The Hall–Kier alpha value is -1.62. The topological polar surface area (TPSA) is 67.5 Å². The van der Waals surface area contributed by atoms with Crippen LogP contribution in [-0.4, -0.2) is 25.7 Å². The van der Waals surface area contributed by atoms with Crippen molar-refractivity contribution in [1.29, 1.82) is 0 Å². The van der Waals surface area contributed by atoms with Gasteiger partial charge in [-0.3, -0.25) is 4.79 Å². The van der Waals surface area contributed by atoms with Gasteiger partial charge in [0.25, 0.3) is 0 Å². The van der Waals surface area contributed by atoms with Crippen LogP contribution in [0.4, 0.5) is 0 Å². The van der Waals surface area contributed by atoms with Gasteiger partial charge in [0.15, 0.2) is 5.65 Å². The van der Waals surface area contributed by atoms with E-state index < -0.39 is 5.97 Å². The zero-order valence-corrected chi connectivity index (χ0v) is 10.4. The fourth-order valence-corrected chi connectivity index (χ4v) is 2.40. The first-order valence-electron chi connectivity index (χ1n) is 5.90. The van der Waals surface area contributed by atoms with Gasteiger partial charge < -0.3 is 5.11 Å². The number of hydrogen-bond donors (Lipinski definition) is 1. The van der Waals surface area contributed by atoms with E-state index in [1.165, 1.54) is 6.42 Å². The van der Waals surface area contributed by atoms with Gasteiger partial charge in [-0.1, -0.05) is 18.0 Å². The minimum Gasteiger partial charge on any atom is -0.481 e. The number of aromatic nitrogens is 3. The smallest absolute Gasteiger partial charge is 0.309 e. The molecule has 94 valence electrons. The molecule has 2 heterocycles. The highest BCUT2D eigenvalue weighted by atomic mass is 35.5. The normalized spacial score (nSPS) is 15.8. The summed E-state index contributed by atoms with van der Waals surface area (Å²) in [7, 11) is 0. The van der Waals surface area contributed by atoms with Gasteiger partial charge in [-0.15, -0.1) is 0 Å². The van der Waals surface area contributed by atoms with Crippen LogP contribution in [0.25, 0.3) is 5.65 Å². The molecule has 1 fully saturated rings. The van der Waals surface area contributed by atoms with Crippen LogP contribution in [0.2, 0.25) is 5.15 Å². The van der Waals surface area contributed by atoms with E-state index in [4.69, 9.17) is 16.7 Å². The molecule has 0 spiro atoms. The quantitative estimate of drug-likeness (QED) is 0.865. The first-order chi connectivity index (χ1) is 8.63. The average molecular weight is 266 g/mol. The predicted octanol–water partition coefficient (Wildman–Crippen LogP) is 2.28. The Morgan fingerprint density at radius 1 is 1.50 bits per heavy atom. The van der Waals surface area contributed by atoms with Crippen molar-refractivity contribution >= 4 is 23.2 Å². The summed E-state index contributed by atoms with van der Waals surface area (Å²) in [5, 5.41) is 13.6. The zero-order chi connectivity index (χ0) is 12.7. The SMILES string of the molecule is O=C(O)Cc1cc(Cl)n2nc(C3CCC3)cc2n1. The summed E-state index contributed by atoms with van der Waals surface area (Å²) in [4.78, 5) is 15.0. The third-order valence-corrected chi connectivity index (χ3v) is 3.58. The van der Waals surface area contributed by atoms with Crippen molar-refractivity contribution in [3.8, 4) is 0 Å². The van der Waals surface area contributed by atoms with Gasteiger partial charge in [-0.05, 0) is 18.9 Å². The number of aliphatic carboxylic acids is 1. The fourth-order valence-electron chi connectivity index (χ4n) is 2.15. The van der Waals surface area contributed by atoms with E-state index >= 15 is 0 Å². The van der Waals surface area contributed by atoms with Crippen LogP contribution in [0, 0.1) is 0 Å². The first-order valence-corrected chi connectivity index (χ1v) is 6.28. The van der Waals surface area contributed by atoms with Crippen LogP contribution in [0.3, 0.4) is 0 Å². The molecule has 1 aliphatic carbocycles. The van der Waals surface area contributed by atoms with Crippen LogP contribution in [0.1, 0.15) is 36.6 Å². The number of carbonyl (C=O) groups is 1. The van der Waals surface area contributed by atoms with Crippen molar-refractivity contribution in [2.24, 2.45) is 0 Å². The molecule has 0 unspecified atom stereocenters. The van der Waals surface area contributed by atoms with Gasteiger partial charge in [0.05, 0.1) is 17.8 Å². The maximum atomic E-state index is 10.7. The number of halogens is 1. The Kier molecular flexibility index (Phi) is 2.70. The lowest BCUT2D eigenvalue weighted by atomic mass is 9.83. The lowest BCUT2D eigenvalue weighted by Gasteiger charge is -2.22. The Morgan fingerprint density at radius 3 is 2.89 bits per heavy atom. The Bertz CT molecular complexity index is 619. The van der Waals surface area contributed by atoms with Crippen molar-refractivity contribution in [3.63, 3.8) is 0 Å². The third-order valence-electron chi connectivity index (χ3n) is 3.31. The maximum Gasteiger partial charge on any atom is 0.309 e. The molecule has 0 atom stereocenters. The molecule has 1 N–H and O–H groups in total. The van der Waals surface area contributed by atoms with E-state index in [1.807, 2.05) is 6.07 Å². The lowest BCUT2D eigenvalue weighted by molar-refractivity contribution is -0.136. The summed E-state index contributed by atoms with van der Waals surface area (Å²) in [6.45, 7) is 0. The van der Waals surface area contributed by atoms with Crippen molar-refractivity contribution < 1.29 is 9.90 Å². The number of rotatable bonds is 3. The van der Waals surface area contributed by atoms with Gasteiger partial charge in [0.1, 0.15) is 5.15 Å². The molecule has 2 aromatic rings. The number of nitrogens with zero attached hydrogens (tertiary/aromatic N) is 3. The predicted molar refractivity (Wildman–Crippen MR) is 65.9 cm³/mol. The van der Waals surface area contributed by atoms with Crippen LogP contribution in [-0.2, 0) is 11.2 Å². The number of carboxylic acid groups (broad SMARTS) is 1. The van der Waals surface area contributed by atoms with Gasteiger partial charge in [0.2, 0.25) is 0 Å². The van der Waals surface area contributed by atoms with E-state index in [0.717, 1.165) is 18.5 Å². The van der Waals surface area contributed by atoms with Crippen LogP contribution < -0.4 is 0 Å². The molecule has 1 aliphatic rings. The molecule has 1 saturated carbocycles. The monoisotopic (exact) mass is 265 g/mol. The Morgan fingerprint density at radius 2 is 2.28 bits per heavy atom. The van der Waals surface area contributed by atoms with Gasteiger partial charge in [-0.25, -0.2) is 9.50 Å². The summed E-state index contributed by atoms with van der Waals surface area (Å²) < 4.78 is 1.57. The Balaban J connectivity index is 2.03. The second-order valence-corrected chi connectivity index (χ2v) is 4.99. The van der Waals surface area contributed by atoms with Gasteiger partial charge >= 0.3 is 5.97 Å². The van der Waals surface area contributed by atoms with Crippen LogP contribution in [0.15, 0.2) is 12.1 Å². The molecule has 6 heteroatoms. The van der Waals surface area contributed by atoms with Crippen molar-refractivity contribution in [3.05, 3.63) is 28.7 Å². The second kappa shape index (κ2) is 4.24. The van der Waals surface area contributed by atoms with E-state index in [-0.39, 0.29) is 6.42 Å². The molecule has 0 aliphatic heterocycles. The minimum absolute atomic E-state index is 0.125. The average Bonchev–Trinajstić information content (AvgIpc) is 2.57. The van der Waals surface area contributed by atoms with Crippen LogP contribution in [0.5, 0.6) is 0 Å². The minimum atomic E-state index is -0.915. The van der Waals surface area contributed by atoms with Gasteiger partial charge in [-0.2, -0.15) is 5.10 Å². The highest BCUT2D eigenvalue weighted by Crippen LogP contribution is 2.36. The summed E-state index contributed by atoms with van der Waals surface area (Å²) in [6.07, 6.45) is 3.43. The number of carboxylic acids is 1. The molecule has 0 radical (unpaired) electrons. The molecule has 0 saturated heterocycles. The van der Waals surface area contributed by atoms with E-state index in [2.05, 4.69) is 10.1 Å². The molecule has 2 aromatic heterocycles. The molecule has 0 bridgehead atoms. The molecule has 5 nitrogen and oxygen atoms in total. The highest BCUT2D eigenvalue weighted by Gasteiger charge is 2.23. The molecular weight excluding hydrogens is 254 g/mol. The molecule has 18 heavy (non-hydrogen) atoms. The van der Waals surface area contributed by atoms with Crippen molar-refractivity contribution in [1.82, 2.24) is 14.6 Å². The molecular formula is C12H12ClN3O2. The second-order valence-electron chi connectivity index (χ2n) is 4.61. The largest absolute Gasteiger partial charge is 0.481 e. The fraction of sp³-hybridized carbons (Fsp3) is 0.417. The number of fused-ring (bicyclic) bond motifs is 1. The van der Waals surface area contributed by atoms with Crippen molar-refractivity contribution in [2.75, 3.05) is 0 Å². The van der Waals surface area contributed by atoms with E-state index in [9.17, 15) is 4.79 Å². The zero-order valence-electron chi connectivity index (χ0n) is 9.64. The van der Waals surface area contributed by atoms with E-state index in [1.54, 1.807) is 10.6 Å². The van der Waals surface area contributed by atoms with Crippen molar-refractivity contribution in [2.45, 2.75) is 31.6 Å². The summed E-state index contributed by atoms with van der Waals surface area (Å²) in [6, 6.07) is 3.46. The molecule has 0 aromatic carbocycles. The Labute approximate surface area is 108 Å².